The Kier molecular flexibility index (Phi) is 5.73. The van der Waals surface area contributed by atoms with Gasteiger partial charge >= 0.3 is 0 Å². The summed E-state index contributed by atoms with van der Waals surface area (Å²) in [5, 5.41) is 5.98. The molecular formula is C11H23N3O2. The van der Waals surface area contributed by atoms with Crippen molar-refractivity contribution in [3.8, 4) is 0 Å². The Bertz CT molecular complexity index is 223. The minimum atomic E-state index is -0.157. The molecular weight excluding hydrogens is 206 g/mol. The summed E-state index contributed by atoms with van der Waals surface area (Å²) in [5.41, 5.74) is 0. The molecule has 0 aromatic carbocycles. The van der Waals surface area contributed by atoms with E-state index in [4.69, 9.17) is 4.74 Å². The molecule has 16 heavy (non-hydrogen) atoms. The zero-order chi connectivity index (χ0) is 12.0. The highest BCUT2D eigenvalue weighted by atomic mass is 16.5. The van der Waals surface area contributed by atoms with Crippen molar-refractivity contribution in [2.75, 3.05) is 39.8 Å². The van der Waals surface area contributed by atoms with Crippen molar-refractivity contribution < 1.29 is 9.53 Å². The molecule has 1 saturated heterocycles. The molecule has 1 aliphatic rings. The molecule has 0 bridgehead atoms. The Morgan fingerprint density at radius 1 is 1.62 bits per heavy atom. The number of amides is 1. The fourth-order valence-corrected chi connectivity index (χ4v) is 1.72. The van der Waals surface area contributed by atoms with Crippen LogP contribution in [0.2, 0.25) is 0 Å². The minimum Gasteiger partial charge on any atom is -0.374 e. The van der Waals surface area contributed by atoms with Gasteiger partial charge in [-0.25, -0.2) is 0 Å². The van der Waals surface area contributed by atoms with Crippen molar-refractivity contribution in [2.24, 2.45) is 0 Å². The van der Waals surface area contributed by atoms with E-state index in [-0.39, 0.29) is 18.1 Å². The highest BCUT2D eigenvalue weighted by molar-refractivity contribution is 5.81. The summed E-state index contributed by atoms with van der Waals surface area (Å²) in [7, 11) is 2.09. The molecule has 1 amide bonds. The lowest BCUT2D eigenvalue weighted by molar-refractivity contribution is -0.122. The normalized spacial score (nSPS) is 24.1. The number of hydrogen-bond donors (Lipinski definition) is 2. The van der Waals surface area contributed by atoms with Crippen LogP contribution >= 0.6 is 0 Å². The number of nitrogens with one attached hydrogen (secondary N) is 2. The van der Waals surface area contributed by atoms with Gasteiger partial charge in [0.15, 0.2) is 0 Å². The first-order valence-electron chi connectivity index (χ1n) is 5.94. The Hall–Kier alpha value is -0.650. The smallest absolute Gasteiger partial charge is 0.236 e. The van der Waals surface area contributed by atoms with Crippen LogP contribution < -0.4 is 10.6 Å². The van der Waals surface area contributed by atoms with Crippen LogP contribution in [0.1, 0.15) is 13.8 Å². The molecule has 0 saturated carbocycles. The van der Waals surface area contributed by atoms with Gasteiger partial charge < -0.3 is 20.3 Å². The van der Waals surface area contributed by atoms with E-state index < -0.39 is 0 Å². The van der Waals surface area contributed by atoms with Crippen molar-refractivity contribution >= 4 is 5.91 Å². The quantitative estimate of drug-likeness (QED) is 0.663. The van der Waals surface area contributed by atoms with Gasteiger partial charge in [-0.15, -0.1) is 0 Å². The van der Waals surface area contributed by atoms with E-state index in [2.05, 4.69) is 22.6 Å². The van der Waals surface area contributed by atoms with Gasteiger partial charge in [0.05, 0.1) is 18.8 Å². The maximum absolute atomic E-state index is 11.5. The summed E-state index contributed by atoms with van der Waals surface area (Å²) in [4.78, 5) is 13.7. The monoisotopic (exact) mass is 229 g/mol. The lowest BCUT2D eigenvalue weighted by Crippen LogP contribution is -2.49. The van der Waals surface area contributed by atoms with Crippen LogP contribution in [0, 0.1) is 0 Å². The third-order valence-corrected chi connectivity index (χ3v) is 2.74. The number of morpholine rings is 1. The number of ether oxygens (including phenoxy) is 1. The van der Waals surface area contributed by atoms with E-state index in [1.807, 2.05) is 13.8 Å². The van der Waals surface area contributed by atoms with Crippen LogP contribution in [0.5, 0.6) is 0 Å². The second kappa shape index (κ2) is 6.83. The standard InChI is InChI=1S/C11H23N3O2/c1-4-12-11(15)9(2)13-7-10-8-14(3)5-6-16-10/h9-10,13H,4-8H2,1-3H3,(H,12,15). The van der Waals surface area contributed by atoms with Gasteiger partial charge in [0.1, 0.15) is 0 Å². The van der Waals surface area contributed by atoms with E-state index in [1.54, 1.807) is 0 Å². The van der Waals surface area contributed by atoms with Gasteiger partial charge in [0.2, 0.25) is 5.91 Å². The maximum atomic E-state index is 11.5. The molecule has 0 radical (unpaired) electrons. The molecule has 1 fully saturated rings. The molecule has 1 aliphatic heterocycles. The predicted molar refractivity (Wildman–Crippen MR) is 63.4 cm³/mol. The molecule has 2 unspecified atom stereocenters. The van der Waals surface area contributed by atoms with Crippen LogP contribution in [0.25, 0.3) is 0 Å². The van der Waals surface area contributed by atoms with Gasteiger partial charge in [0.25, 0.3) is 0 Å². The first-order chi connectivity index (χ1) is 7.63. The molecule has 1 rings (SSSR count). The molecule has 0 aliphatic carbocycles. The number of nitrogens with zero attached hydrogens (tertiary/aromatic N) is 1. The summed E-state index contributed by atoms with van der Waals surface area (Å²) in [6, 6.07) is -0.157. The van der Waals surface area contributed by atoms with E-state index in [1.165, 1.54) is 0 Å². The van der Waals surface area contributed by atoms with Crippen molar-refractivity contribution in [3.05, 3.63) is 0 Å². The Balaban J connectivity index is 2.20. The molecule has 5 nitrogen and oxygen atoms in total. The molecule has 2 N–H and O–H groups in total. The average molecular weight is 229 g/mol. The highest BCUT2D eigenvalue weighted by Crippen LogP contribution is 2.01. The summed E-state index contributed by atoms with van der Waals surface area (Å²) in [6.45, 7) is 7.88. The van der Waals surface area contributed by atoms with Gasteiger partial charge in [-0.2, -0.15) is 0 Å². The summed E-state index contributed by atoms with van der Waals surface area (Å²) in [6.07, 6.45) is 0.190. The number of hydrogen-bond acceptors (Lipinski definition) is 4. The molecule has 2 atom stereocenters. The van der Waals surface area contributed by atoms with Crippen molar-refractivity contribution in [3.63, 3.8) is 0 Å². The minimum absolute atomic E-state index is 0.0478. The number of likely N-dealkylation sites (N-methyl/N-ethyl adjacent to an activating group) is 2. The second-order valence-corrected chi connectivity index (χ2v) is 4.28. The topological polar surface area (TPSA) is 53.6 Å². The van der Waals surface area contributed by atoms with Crippen LogP contribution in [0.4, 0.5) is 0 Å². The van der Waals surface area contributed by atoms with Crippen molar-refractivity contribution in [1.29, 1.82) is 0 Å². The lowest BCUT2D eigenvalue weighted by atomic mass is 10.2. The molecule has 1 heterocycles. The van der Waals surface area contributed by atoms with Crippen LogP contribution in [-0.4, -0.2) is 62.8 Å². The molecule has 94 valence electrons. The zero-order valence-corrected chi connectivity index (χ0v) is 10.5. The van der Waals surface area contributed by atoms with E-state index >= 15 is 0 Å². The van der Waals surface area contributed by atoms with Gasteiger partial charge in [-0.3, -0.25) is 4.79 Å². The van der Waals surface area contributed by atoms with Gasteiger partial charge in [-0.05, 0) is 20.9 Å². The lowest BCUT2D eigenvalue weighted by Gasteiger charge is -2.30. The van der Waals surface area contributed by atoms with Crippen LogP contribution in [0.3, 0.4) is 0 Å². The van der Waals surface area contributed by atoms with Crippen molar-refractivity contribution in [2.45, 2.75) is 26.0 Å². The third-order valence-electron chi connectivity index (χ3n) is 2.74. The first kappa shape index (κ1) is 13.4. The molecule has 0 aromatic heterocycles. The third kappa shape index (κ3) is 4.47. The second-order valence-electron chi connectivity index (χ2n) is 4.28. The largest absolute Gasteiger partial charge is 0.374 e. The summed E-state index contributed by atoms with van der Waals surface area (Å²) >= 11 is 0. The number of carbonyl (C=O) groups is 1. The fraction of sp³-hybridized carbons (Fsp3) is 0.909. The molecule has 0 aromatic rings. The summed E-state index contributed by atoms with van der Waals surface area (Å²) in [5.74, 6) is 0.0478. The maximum Gasteiger partial charge on any atom is 0.236 e. The average Bonchev–Trinajstić information content (AvgIpc) is 2.26. The zero-order valence-electron chi connectivity index (χ0n) is 10.5. The fourth-order valence-electron chi connectivity index (χ4n) is 1.72. The predicted octanol–water partition coefficient (Wildman–Crippen LogP) is -0.569. The Morgan fingerprint density at radius 2 is 2.38 bits per heavy atom. The van der Waals surface area contributed by atoms with E-state index in [9.17, 15) is 4.79 Å². The van der Waals surface area contributed by atoms with E-state index in [0.29, 0.717) is 6.54 Å². The number of rotatable bonds is 5. The highest BCUT2D eigenvalue weighted by Gasteiger charge is 2.19. The molecule has 0 spiro atoms. The Labute approximate surface area is 97.5 Å². The Morgan fingerprint density at radius 3 is 3.00 bits per heavy atom. The first-order valence-corrected chi connectivity index (χ1v) is 5.94. The van der Waals surface area contributed by atoms with Gasteiger partial charge in [0, 0.05) is 26.2 Å². The SMILES string of the molecule is CCNC(=O)C(C)NCC1CN(C)CCO1. The van der Waals surface area contributed by atoms with E-state index in [0.717, 1.165) is 26.2 Å². The van der Waals surface area contributed by atoms with Crippen LogP contribution in [0.15, 0.2) is 0 Å². The number of carbonyl (C=O) groups excluding carboxylic acids is 1. The van der Waals surface area contributed by atoms with Gasteiger partial charge in [-0.1, -0.05) is 0 Å². The summed E-state index contributed by atoms with van der Waals surface area (Å²) < 4.78 is 5.60. The van der Waals surface area contributed by atoms with Crippen molar-refractivity contribution in [1.82, 2.24) is 15.5 Å². The van der Waals surface area contributed by atoms with Crippen LogP contribution in [-0.2, 0) is 9.53 Å². The molecule has 5 heteroatoms.